The fourth-order valence-corrected chi connectivity index (χ4v) is 2.55. The number of aliphatic hydroxyl groups excluding tert-OH is 2. The van der Waals surface area contributed by atoms with Gasteiger partial charge in [0, 0.05) is 6.07 Å². The number of ether oxygens (including phenoxy) is 1. The number of nitrogen functional groups attached to an aromatic ring is 1. The molecule has 0 spiro atoms. The first-order chi connectivity index (χ1) is 9.52. The van der Waals surface area contributed by atoms with Gasteiger partial charge in [0.2, 0.25) is 0 Å². The Kier molecular flexibility index (Phi) is 3.04. The molecule has 1 saturated heterocycles. The minimum Gasteiger partial charge on any atom is -0.394 e. The average Bonchev–Trinajstić information content (AvgIpc) is 2.93. The van der Waals surface area contributed by atoms with E-state index in [1.54, 1.807) is 0 Å². The Hall–Kier alpha value is -1.84. The van der Waals surface area contributed by atoms with E-state index < -0.39 is 36.8 Å². The Morgan fingerprint density at radius 2 is 2.35 bits per heavy atom. The Bertz CT molecular complexity index is 580. The summed E-state index contributed by atoms with van der Waals surface area (Å²) in [6.45, 7) is -0.352. The van der Waals surface area contributed by atoms with Gasteiger partial charge in [-0.2, -0.15) is 0 Å². The predicted octanol–water partition coefficient (Wildman–Crippen LogP) is -1.44. The van der Waals surface area contributed by atoms with Crippen LogP contribution >= 0.6 is 0 Å². The van der Waals surface area contributed by atoms with Crippen LogP contribution in [0.3, 0.4) is 0 Å². The van der Waals surface area contributed by atoms with Crippen LogP contribution in [0.5, 0.6) is 0 Å². The highest BCUT2D eigenvalue weighted by molar-refractivity contribution is 5.76. The molecular formula is C11H15FN4O4. The number of anilines is 3. The maximum atomic E-state index is 13.7. The lowest BCUT2D eigenvalue weighted by atomic mass is 10.1. The van der Waals surface area contributed by atoms with Crippen molar-refractivity contribution < 1.29 is 19.3 Å². The zero-order valence-electron chi connectivity index (χ0n) is 10.4. The van der Waals surface area contributed by atoms with E-state index in [4.69, 9.17) is 15.6 Å². The van der Waals surface area contributed by atoms with Crippen molar-refractivity contribution in [3.63, 3.8) is 0 Å². The van der Waals surface area contributed by atoms with Crippen molar-refractivity contribution in [2.45, 2.75) is 24.6 Å². The van der Waals surface area contributed by atoms with E-state index in [1.807, 2.05) is 0 Å². The molecule has 0 aliphatic carbocycles. The van der Waals surface area contributed by atoms with Gasteiger partial charge in [-0.1, -0.05) is 0 Å². The first kappa shape index (κ1) is 13.2. The van der Waals surface area contributed by atoms with Crippen LogP contribution in [0.1, 0.15) is 0 Å². The molecule has 1 aromatic rings. The standard InChI is InChI=1S/C11H15FN4O4/c12-7-5(2-17)20-11(9(7)18)16-3-14-8-4(16)1-6(13)15-10(8)19/h1,5,7,9,11,14,17-18H,2-3H2,(H3,13,15,19)/t5-,7-,9-,11?/m1/s1. The van der Waals surface area contributed by atoms with Crippen LogP contribution in [0, 0.1) is 0 Å². The number of pyridine rings is 1. The second-order valence-electron chi connectivity index (χ2n) is 4.80. The highest BCUT2D eigenvalue weighted by Gasteiger charge is 2.48. The summed E-state index contributed by atoms with van der Waals surface area (Å²) in [5, 5.41) is 21.7. The second-order valence-corrected chi connectivity index (χ2v) is 4.80. The van der Waals surface area contributed by atoms with Gasteiger partial charge in [0.1, 0.15) is 23.7 Å². The van der Waals surface area contributed by atoms with Crippen LogP contribution in [0.4, 0.5) is 21.6 Å². The number of nitrogens with one attached hydrogen (secondary N) is 2. The first-order valence-corrected chi connectivity index (χ1v) is 6.14. The molecule has 20 heavy (non-hydrogen) atoms. The fourth-order valence-electron chi connectivity index (χ4n) is 2.55. The number of alkyl halides is 1. The maximum absolute atomic E-state index is 13.7. The number of nitrogens with zero attached hydrogens (tertiary/aromatic N) is 1. The first-order valence-electron chi connectivity index (χ1n) is 6.14. The van der Waals surface area contributed by atoms with Crippen molar-refractivity contribution >= 4 is 17.2 Å². The van der Waals surface area contributed by atoms with E-state index in [0.29, 0.717) is 5.69 Å². The maximum Gasteiger partial charge on any atom is 0.275 e. The zero-order chi connectivity index (χ0) is 14.4. The average molecular weight is 286 g/mol. The van der Waals surface area contributed by atoms with Gasteiger partial charge in [0.05, 0.1) is 19.0 Å². The number of aromatic nitrogens is 1. The molecule has 9 heteroatoms. The van der Waals surface area contributed by atoms with Gasteiger partial charge in [0.15, 0.2) is 12.4 Å². The molecule has 0 aromatic carbocycles. The molecule has 2 aliphatic rings. The lowest BCUT2D eigenvalue weighted by molar-refractivity contribution is -0.0128. The molecule has 4 atom stereocenters. The second kappa shape index (κ2) is 4.62. The number of fused-ring (bicyclic) bond motifs is 1. The van der Waals surface area contributed by atoms with Crippen LogP contribution in [0.2, 0.25) is 0 Å². The molecule has 6 N–H and O–H groups in total. The lowest BCUT2D eigenvalue weighted by Crippen LogP contribution is -2.43. The van der Waals surface area contributed by atoms with Crippen molar-refractivity contribution in [1.29, 1.82) is 0 Å². The van der Waals surface area contributed by atoms with Gasteiger partial charge < -0.3 is 35.9 Å². The molecular weight excluding hydrogens is 271 g/mol. The number of aromatic amines is 1. The quantitative estimate of drug-likeness (QED) is 0.451. The molecule has 1 fully saturated rings. The van der Waals surface area contributed by atoms with Gasteiger partial charge in [0.25, 0.3) is 5.56 Å². The van der Waals surface area contributed by atoms with Crippen molar-refractivity contribution in [3.8, 4) is 0 Å². The van der Waals surface area contributed by atoms with Crippen LogP contribution < -0.4 is 21.5 Å². The van der Waals surface area contributed by atoms with Crippen LogP contribution in [-0.4, -0.2) is 53.1 Å². The normalized spacial score (nSPS) is 32.2. The third kappa shape index (κ3) is 1.82. The zero-order valence-corrected chi connectivity index (χ0v) is 10.4. The highest BCUT2D eigenvalue weighted by atomic mass is 19.1. The number of hydrogen-bond acceptors (Lipinski definition) is 7. The van der Waals surface area contributed by atoms with Crippen molar-refractivity contribution in [2.24, 2.45) is 0 Å². The summed E-state index contributed by atoms with van der Waals surface area (Å²) < 4.78 is 19.1. The third-order valence-corrected chi connectivity index (χ3v) is 3.54. The molecule has 2 aliphatic heterocycles. The van der Waals surface area contributed by atoms with E-state index >= 15 is 0 Å². The third-order valence-electron chi connectivity index (χ3n) is 3.54. The summed E-state index contributed by atoms with van der Waals surface area (Å²) in [6, 6.07) is 1.51. The topological polar surface area (TPSA) is 124 Å². The number of aliphatic hydroxyl groups is 2. The smallest absolute Gasteiger partial charge is 0.275 e. The van der Waals surface area contributed by atoms with Crippen molar-refractivity contribution in [1.82, 2.24) is 4.98 Å². The van der Waals surface area contributed by atoms with Gasteiger partial charge >= 0.3 is 0 Å². The molecule has 0 amide bonds. The Labute approximate surface area is 113 Å². The number of rotatable bonds is 2. The van der Waals surface area contributed by atoms with E-state index in [9.17, 15) is 14.3 Å². The highest BCUT2D eigenvalue weighted by Crippen LogP contribution is 2.35. The number of hydrogen-bond donors (Lipinski definition) is 5. The summed E-state index contributed by atoms with van der Waals surface area (Å²) >= 11 is 0. The Balaban J connectivity index is 1.94. The number of nitrogens with two attached hydrogens (primary N) is 1. The summed E-state index contributed by atoms with van der Waals surface area (Å²) in [5.74, 6) is 0.158. The molecule has 0 saturated carbocycles. The van der Waals surface area contributed by atoms with E-state index in [-0.39, 0.29) is 18.2 Å². The molecule has 8 nitrogen and oxygen atoms in total. The van der Waals surface area contributed by atoms with Crippen LogP contribution in [0.15, 0.2) is 10.9 Å². The Morgan fingerprint density at radius 1 is 1.60 bits per heavy atom. The minimum atomic E-state index is -1.69. The lowest BCUT2D eigenvalue weighted by Gasteiger charge is -2.27. The molecule has 1 unspecified atom stereocenters. The minimum absolute atomic E-state index is 0.158. The fraction of sp³-hybridized carbons (Fsp3) is 0.545. The summed E-state index contributed by atoms with van der Waals surface area (Å²) in [4.78, 5) is 15.7. The summed E-state index contributed by atoms with van der Waals surface area (Å²) in [6.07, 6.45) is -5.18. The van der Waals surface area contributed by atoms with E-state index in [2.05, 4.69) is 10.3 Å². The van der Waals surface area contributed by atoms with Crippen LogP contribution in [-0.2, 0) is 4.74 Å². The Morgan fingerprint density at radius 3 is 3.00 bits per heavy atom. The van der Waals surface area contributed by atoms with E-state index in [1.165, 1.54) is 11.0 Å². The van der Waals surface area contributed by atoms with Gasteiger partial charge in [-0.25, -0.2) is 4.39 Å². The number of H-pyrrole nitrogens is 1. The van der Waals surface area contributed by atoms with E-state index in [0.717, 1.165) is 0 Å². The van der Waals surface area contributed by atoms with Gasteiger partial charge in [-0.15, -0.1) is 0 Å². The predicted molar refractivity (Wildman–Crippen MR) is 69.1 cm³/mol. The largest absolute Gasteiger partial charge is 0.394 e. The van der Waals surface area contributed by atoms with Gasteiger partial charge in [-0.3, -0.25) is 4.79 Å². The van der Waals surface area contributed by atoms with Gasteiger partial charge in [-0.05, 0) is 0 Å². The summed E-state index contributed by atoms with van der Waals surface area (Å²) in [7, 11) is 0. The number of halogens is 1. The van der Waals surface area contributed by atoms with Crippen molar-refractivity contribution in [2.75, 3.05) is 29.2 Å². The molecule has 1 aromatic heterocycles. The molecule has 110 valence electrons. The monoisotopic (exact) mass is 286 g/mol. The molecule has 3 heterocycles. The molecule has 0 bridgehead atoms. The van der Waals surface area contributed by atoms with Crippen LogP contribution in [0.25, 0.3) is 0 Å². The van der Waals surface area contributed by atoms with Crippen molar-refractivity contribution in [3.05, 3.63) is 16.4 Å². The molecule has 0 radical (unpaired) electrons. The SMILES string of the molecule is Nc1cc2c(c(=O)[nH]1)NCN2C1O[C@H](CO)[C@@H](F)[C@H]1O. The summed E-state index contributed by atoms with van der Waals surface area (Å²) in [5.41, 5.74) is 5.90. The molecule has 3 rings (SSSR count).